The van der Waals surface area contributed by atoms with Crippen LogP contribution in [0.3, 0.4) is 0 Å². The second-order valence-corrected chi connectivity index (χ2v) is 5.64. The van der Waals surface area contributed by atoms with Crippen molar-refractivity contribution >= 4 is 5.91 Å². The van der Waals surface area contributed by atoms with E-state index in [2.05, 4.69) is 4.74 Å². The number of amides is 1. The molecule has 0 radical (unpaired) electrons. The van der Waals surface area contributed by atoms with Crippen LogP contribution in [0.5, 0.6) is 0 Å². The Kier molecular flexibility index (Phi) is 4.30. The molecule has 2 aliphatic rings. The maximum atomic E-state index is 14.0. The Morgan fingerprint density at radius 2 is 1.29 bits per heavy atom. The van der Waals surface area contributed by atoms with Gasteiger partial charge < -0.3 is 4.90 Å². The molecule has 0 saturated carbocycles. The number of ether oxygens (including phenoxy) is 1. The number of carbonyl (C=O) groups is 1. The lowest BCUT2D eigenvalue weighted by molar-refractivity contribution is -0.368. The van der Waals surface area contributed by atoms with Gasteiger partial charge in [0, 0.05) is 13.1 Å². The summed E-state index contributed by atoms with van der Waals surface area (Å²) in [4.78, 5) is 12.0. The Hall–Kier alpha value is -1.20. The molecule has 0 N–H and O–H groups in total. The third-order valence-corrected chi connectivity index (χ3v) is 4.00. The average Bonchev–Trinajstić information content (AvgIpc) is 2.69. The Bertz CT molecular complexity index is 517. The molecule has 12 heteroatoms. The van der Waals surface area contributed by atoms with Crippen molar-refractivity contribution < 1.29 is 49.0 Å². The average molecular weight is 373 g/mol. The first-order chi connectivity index (χ1) is 10.7. The van der Waals surface area contributed by atoms with Gasteiger partial charge in [0.25, 0.3) is 5.91 Å². The van der Waals surface area contributed by atoms with Crippen molar-refractivity contribution in [2.75, 3.05) is 13.1 Å². The van der Waals surface area contributed by atoms with E-state index in [0.29, 0.717) is 12.8 Å². The van der Waals surface area contributed by atoms with Crippen molar-refractivity contribution in [2.24, 2.45) is 0 Å². The van der Waals surface area contributed by atoms with Crippen molar-refractivity contribution in [2.45, 2.75) is 55.4 Å². The summed E-state index contributed by atoms with van der Waals surface area (Å²) in [5.41, 5.74) is 0. The fourth-order valence-electron chi connectivity index (χ4n) is 2.56. The predicted octanol–water partition coefficient (Wildman–Crippen LogP) is 3.58. The summed E-state index contributed by atoms with van der Waals surface area (Å²) in [5.74, 6) is -27.9. The highest BCUT2D eigenvalue weighted by Gasteiger charge is 2.96. The van der Waals surface area contributed by atoms with Crippen LogP contribution < -0.4 is 0 Å². The molecule has 2 aliphatic heterocycles. The monoisotopic (exact) mass is 373 g/mol. The minimum atomic E-state index is -6.63. The summed E-state index contributed by atoms with van der Waals surface area (Å²) < 4.78 is 123. The minimum Gasteiger partial charge on any atom is -0.337 e. The van der Waals surface area contributed by atoms with E-state index < -0.39 is 35.6 Å². The molecular formula is C12H12F9NO2. The smallest absolute Gasteiger partial charge is 0.337 e. The van der Waals surface area contributed by atoms with Crippen molar-refractivity contribution in [3.05, 3.63) is 0 Å². The number of hydrogen-bond donors (Lipinski definition) is 0. The highest BCUT2D eigenvalue weighted by molar-refractivity contribution is 5.85. The van der Waals surface area contributed by atoms with E-state index in [9.17, 15) is 44.3 Å². The van der Waals surface area contributed by atoms with Crippen molar-refractivity contribution in [3.63, 3.8) is 0 Å². The molecule has 24 heavy (non-hydrogen) atoms. The van der Waals surface area contributed by atoms with Crippen LogP contribution in [0, 0.1) is 0 Å². The van der Waals surface area contributed by atoms with Crippen LogP contribution in [-0.2, 0) is 9.53 Å². The summed E-state index contributed by atoms with van der Waals surface area (Å²) in [7, 11) is 0. The van der Waals surface area contributed by atoms with Crippen LogP contribution in [0.2, 0.25) is 0 Å². The van der Waals surface area contributed by atoms with E-state index in [4.69, 9.17) is 0 Å². The zero-order chi connectivity index (χ0) is 18.6. The molecule has 0 aliphatic carbocycles. The van der Waals surface area contributed by atoms with Crippen molar-refractivity contribution in [1.29, 1.82) is 0 Å². The normalized spacial score (nSPS) is 32.5. The van der Waals surface area contributed by atoms with Crippen LogP contribution in [0.4, 0.5) is 39.5 Å². The summed E-state index contributed by atoms with van der Waals surface area (Å²) in [6, 6.07) is 0. The van der Waals surface area contributed by atoms with E-state index in [0.717, 1.165) is 0 Å². The van der Waals surface area contributed by atoms with E-state index >= 15 is 0 Å². The van der Waals surface area contributed by atoms with Crippen LogP contribution in [0.1, 0.15) is 25.7 Å². The first-order valence-electron chi connectivity index (χ1n) is 6.92. The van der Waals surface area contributed by atoms with Gasteiger partial charge in [0.2, 0.25) is 0 Å². The quantitative estimate of drug-likeness (QED) is 0.693. The van der Waals surface area contributed by atoms with Crippen LogP contribution >= 0.6 is 0 Å². The molecule has 140 valence electrons. The molecule has 0 aromatic rings. The largest absolute Gasteiger partial charge is 0.428 e. The minimum absolute atomic E-state index is 0.185. The number of halogens is 9. The van der Waals surface area contributed by atoms with Crippen LogP contribution in [0.25, 0.3) is 0 Å². The van der Waals surface area contributed by atoms with Gasteiger partial charge >= 0.3 is 29.7 Å². The molecule has 0 aromatic heterocycles. The maximum absolute atomic E-state index is 14.0. The lowest BCUT2D eigenvalue weighted by atomic mass is 9.99. The topological polar surface area (TPSA) is 29.5 Å². The van der Waals surface area contributed by atoms with Gasteiger partial charge in [-0.2, -0.15) is 39.5 Å². The van der Waals surface area contributed by atoms with E-state index in [1.807, 2.05) is 0 Å². The lowest BCUT2D eigenvalue weighted by Crippen LogP contribution is -2.65. The summed E-state index contributed by atoms with van der Waals surface area (Å²) >= 11 is 0. The van der Waals surface area contributed by atoms with Gasteiger partial charge in [-0.05, 0) is 12.8 Å². The molecular weight excluding hydrogens is 361 g/mol. The number of nitrogens with zero attached hydrogens (tertiary/aromatic N) is 1. The Morgan fingerprint density at radius 3 is 1.67 bits per heavy atom. The summed E-state index contributed by atoms with van der Waals surface area (Å²) in [5, 5.41) is 0. The summed E-state index contributed by atoms with van der Waals surface area (Å²) in [6.07, 6.45) is -4.82. The van der Waals surface area contributed by atoms with Gasteiger partial charge in [-0.15, -0.1) is 0 Å². The maximum Gasteiger partial charge on any atom is 0.428 e. The second-order valence-electron chi connectivity index (χ2n) is 5.64. The molecule has 2 heterocycles. The van der Waals surface area contributed by atoms with E-state index in [1.54, 1.807) is 0 Å². The molecule has 0 aromatic carbocycles. The molecule has 0 spiro atoms. The van der Waals surface area contributed by atoms with Crippen molar-refractivity contribution in [3.8, 4) is 0 Å². The predicted molar refractivity (Wildman–Crippen MR) is 59.8 cm³/mol. The Morgan fingerprint density at radius 1 is 0.833 bits per heavy atom. The van der Waals surface area contributed by atoms with Crippen molar-refractivity contribution in [1.82, 2.24) is 4.90 Å². The number of likely N-dealkylation sites (tertiary alicyclic amines) is 1. The van der Waals surface area contributed by atoms with Gasteiger partial charge in [0.05, 0.1) is 0 Å². The fourth-order valence-corrected chi connectivity index (χ4v) is 2.56. The third kappa shape index (κ3) is 2.28. The van der Waals surface area contributed by atoms with Gasteiger partial charge in [-0.3, -0.25) is 9.53 Å². The standard InChI is InChI=1S/C12H12F9NO2/c13-8(14,7(23)22-5-3-1-2-4-6-22)11(19)9(15,16)10(17,18)12(20,21)24-11/h1-6H2/t11-/m1/s1. The Balaban J connectivity index is 2.41. The molecule has 0 unspecified atom stereocenters. The Labute approximate surface area is 129 Å². The number of hydrogen-bond acceptors (Lipinski definition) is 2. The fraction of sp³-hybridized carbons (Fsp3) is 0.917. The first-order valence-corrected chi connectivity index (χ1v) is 6.92. The highest BCUT2D eigenvalue weighted by Crippen LogP contribution is 2.64. The number of carbonyl (C=O) groups excluding carboxylic acids is 1. The molecule has 2 fully saturated rings. The molecule has 2 saturated heterocycles. The SMILES string of the molecule is O=C(N1CCCCCC1)C(F)(F)[C@@]1(F)OC(F)(F)C(F)(F)C1(F)F. The van der Waals surface area contributed by atoms with Gasteiger partial charge in [-0.25, -0.2) is 0 Å². The molecule has 2 rings (SSSR count). The molecule has 1 atom stereocenters. The van der Waals surface area contributed by atoms with Crippen LogP contribution in [0.15, 0.2) is 0 Å². The van der Waals surface area contributed by atoms with Gasteiger partial charge in [-0.1, -0.05) is 12.8 Å². The highest BCUT2D eigenvalue weighted by atomic mass is 19.4. The second kappa shape index (κ2) is 5.40. The number of rotatable bonds is 2. The lowest BCUT2D eigenvalue weighted by Gasteiger charge is -2.34. The van der Waals surface area contributed by atoms with E-state index in [1.165, 1.54) is 0 Å². The van der Waals surface area contributed by atoms with Gasteiger partial charge in [0.15, 0.2) is 0 Å². The molecule has 1 amide bonds. The molecule has 3 nitrogen and oxygen atoms in total. The number of alkyl halides is 9. The summed E-state index contributed by atoms with van der Waals surface area (Å²) in [6.45, 7) is -0.744. The third-order valence-electron chi connectivity index (χ3n) is 4.00. The molecule has 0 bridgehead atoms. The van der Waals surface area contributed by atoms with Crippen LogP contribution in [-0.4, -0.2) is 53.6 Å². The first kappa shape index (κ1) is 19.1. The van der Waals surface area contributed by atoms with E-state index in [-0.39, 0.29) is 30.8 Å². The van der Waals surface area contributed by atoms with Gasteiger partial charge in [0.1, 0.15) is 0 Å². The zero-order valence-corrected chi connectivity index (χ0v) is 11.9. The zero-order valence-electron chi connectivity index (χ0n) is 11.9.